The fraction of sp³-hybridized carbons (Fsp3) is 0.345. The molecule has 3 N–H and O–H groups in total. The molecule has 43 heavy (non-hydrogen) atoms. The van der Waals surface area contributed by atoms with Crippen molar-refractivity contribution in [3.63, 3.8) is 0 Å². The molecule has 0 bridgehead atoms. The van der Waals surface area contributed by atoms with Crippen LogP contribution in [-0.2, 0) is 14.6 Å². The normalized spacial score (nSPS) is 17.7. The topological polar surface area (TPSA) is 160 Å². The van der Waals surface area contributed by atoms with Gasteiger partial charge in [-0.1, -0.05) is 25.1 Å². The van der Waals surface area contributed by atoms with Gasteiger partial charge >= 0.3 is 5.69 Å². The van der Waals surface area contributed by atoms with Gasteiger partial charge in [-0.2, -0.15) is 10.1 Å². The molecule has 2 aliphatic rings. The third-order valence-corrected chi connectivity index (χ3v) is 9.44. The molecule has 224 valence electrons. The minimum atomic E-state index is -3.81. The summed E-state index contributed by atoms with van der Waals surface area (Å²) in [5, 5.41) is 6.66. The van der Waals surface area contributed by atoms with E-state index in [2.05, 4.69) is 26.7 Å². The number of H-pyrrole nitrogens is 1. The van der Waals surface area contributed by atoms with E-state index in [0.717, 1.165) is 25.5 Å². The van der Waals surface area contributed by atoms with Crippen LogP contribution < -0.4 is 16.3 Å². The van der Waals surface area contributed by atoms with Gasteiger partial charge in [0.1, 0.15) is 17.3 Å². The number of piperazine rings is 1. The third kappa shape index (κ3) is 4.84. The number of benzene rings is 1. The van der Waals surface area contributed by atoms with Crippen LogP contribution in [0.25, 0.3) is 28.0 Å². The van der Waals surface area contributed by atoms with Crippen LogP contribution in [0, 0.1) is 5.82 Å². The maximum Gasteiger partial charge on any atom is 0.355 e. The van der Waals surface area contributed by atoms with Crippen molar-refractivity contribution in [3.8, 4) is 16.9 Å². The van der Waals surface area contributed by atoms with Gasteiger partial charge in [0.05, 0.1) is 27.7 Å². The number of hydrogen-bond acceptors (Lipinski definition) is 9. The van der Waals surface area contributed by atoms with Crippen molar-refractivity contribution < 1.29 is 17.6 Å². The number of para-hydroxylation sites is 1. The van der Waals surface area contributed by atoms with Crippen molar-refractivity contribution in [1.29, 1.82) is 0 Å². The quantitative estimate of drug-likeness (QED) is 0.315. The second kappa shape index (κ2) is 10.6. The van der Waals surface area contributed by atoms with Crippen LogP contribution in [0.3, 0.4) is 0 Å². The average Bonchev–Trinajstić information content (AvgIpc) is 3.36. The van der Waals surface area contributed by atoms with E-state index in [1.807, 2.05) is 17.9 Å². The number of nitrogens with two attached hydrogens (primary N) is 1. The van der Waals surface area contributed by atoms with Gasteiger partial charge in [0, 0.05) is 31.9 Å². The molecule has 4 aromatic rings. The minimum absolute atomic E-state index is 0.0282. The molecule has 1 amide bonds. The molecule has 4 heterocycles. The number of halogens is 1. The van der Waals surface area contributed by atoms with Crippen LogP contribution in [0.2, 0.25) is 0 Å². The van der Waals surface area contributed by atoms with E-state index in [0.29, 0.717) is 25.2 Å². The Hall–Kier alpha value is -4.59. The van der Waals surface area contributed by atoms with Crippen molar-refractivity contribution in [3.05, 3.63) is 65.0 Å². The molecule has 12 nitrogen and oxygen atoms in total. The summed E-state index contributed by atoms with van der Waals surface area (Å²) in [4.78, 5) is 38.9. The first-order chi connectivity index (χ1) is 20.5. The van der Waals surface area contributed by atoms with Gasteiger partial charge in [0.15, 0.2) is 21.3 Å². The zero-order chi connectivity index (χ0) is 30.6. The maximum atomic E-state index is 15.8. The third-order valence-electron chi connectivity index (χ3n) is 8.31. The van der Waals surface area contributed by atoms with Gasteiger partial charge < -0.3 is 15.5 Å². The molecule has 1 aliphatic heterocycles. The molecule has 1 atom stereocenters. The van der Waals surface area contributed by atoms with Crippen molar-refractivity contribution in [2.45, 2.75) is 43.0 Å². The highest BCUT2D eigenvalue weighted by molar-refractivity contribution is 7.90. The Morgan fingerprint density at radius 3 is 2.60 bits per heavy atom. The summed E-state index contributed by atoms with van der Waals surface area (Å²) in [5.41, 5.74) is 6.18. The number of aromatic amines is 1. The van der Waals surface area contributed by atoms with Gasteiger partial charge in [-0.3, -0.25) is 9.89 Å². The summed E-state index contributed by atoms with van der Waals surface area (Å²) in [6.07, 6.45) is 6.32. The first kappa shape index (κ1) is 28.5. The van der Waals surface area contributed by atoms with Gasteiger partial charge in [-0.25, -0.2) is 27.2 Å². The summed E-state index contributed by atoms with van der Waals surface area (Å²) in [5.74, 6) is -0.626. The number of hydrogen-bond donors (Lipinski definition) is 2. The lowest BCUT2D eigenvalue weighted by atomic mass is 9.79. The molecule has 2 fully saturated rings. The highest BCUT2D eigenvalue weighted by Gasteiger charge is 2.33. The van der Waals surface area contributed by atoms with Crippen molar-refractivity contribution >= 4 is 38.4 Å². The SMILES string of the molecule is C=CC(=O)N1CCN(c2nc(=O)n(-c3c(C4CCC4)cccc3S(C)(=O)=O)c3nc(-c4cn[nH]c4N)c(F)cc23)[C@@H](C)C1. The zero-order valence-electron chi connectivity index (χ0n) is 23.7. The molecule has 1 saturated carbocycles. The summed E-state index contributed by atoms with van der Waals surface area (Å²) in [7, 11) is -3.81. The lowest BCUT2D eigenvalue weighted by Crippen LogP contribution is -2.54. The molecule has 1 aliphatic carbocycles. The summed E-state index contributed by atoms with van der Waals surface area (Å²) >= 11 is 0. The average molecular weight is 607 g/mol. The Balaban J connectivity index is 1.66. The molecule has 3 aromatic heterocycles. The monoisotopic (exact) mass is 606 g/mol. The molecule has 0 unspecified atom stereocenters. The standard InChI is InChI=1S/C29H31FN8O4S/c1-4-23(39)36-11-12-37(16(2)15-36)27-19-13-21(30)24(20-14-32-35-26(20)31)33-28(19)38(29(40)34-27)25-18(17-7-5-8-17)9-6-10-22(25)43(3,41)42/h4,6,9-10,13-14,16-17H,1,5,7-8,11-12,15H2,2-3H3,(H3,31,32,35)/t16-/m0/s1. The van der Waals surface area contributed by atoms with Crippen LogP contribution in [0.1, 0.15) is 37.7 Å². The number of nitrogens with zero attached hydrogens (tertiary/aromatic N) is 6. The number of nitrogens with one attached hydrogen (secondary N) is 1. The number of pyridine rings is 1. The molecular weight excluding hydrogens is 575 g/mol. The van der Waals surface area contributed by atoms with Gasteiger partial charge in [0.25, 0.3) is 0 Å². The molecule has 0 spiro atoms. The predicted molar refractivity (Wildman–Crippen MR) is 160 cm³/mol. The Labute approximate surface area is 247 Å². The fourth-order valence-electron chi connectivity index (χ4n) is 5.93. The van der Waals surface area contributed by atoms with Crippen molar-refractivity contribution in [2.75, 3.05) is 36.5 Å². The van der Waals surface area contributed by atoms with Crippen LogP contribution in [0.5, 0.6) is 0 Å². The number of amides is 1. The van der Waals surface area contributed by atoms with Crippen molar-refractivity contribution in [2.24, 2.45) is 0 Å². The van der Waals surface area contributed by atoms with Crippen LogP contribution in [0.15, 0.2) is 52.8 Å². The maximum absolute atomic E-state index is 15.8. The zero-order valence-corrected chi connectivity index (χ0v) is 24.6. The number of fused-ring (bicyclic) bond motifs is 1. The highest BCUT2D eigenvalue weighted by Crippen LogP contribution is 2.42. The van der Waals surface area contributed by atoms with E-state index in [1.165, 1.54) is 29.0 Å². The minimum Gasteiger partial charge on any atom is -0.384 e. The predicted octanol–water partition coefficient (Wildman–Crippen LogP) is 2.79. The molecule has 0 radical (unpaired) electrons. The second-order valence-electron chi connectivity index (χ2n) is 11.1. The Kier molecular flexibility index (Phi) is 7.03. The first-order valence-corrected chi connectivity index (χ1v) is 15.8. The lowest BCUT2D eigenvalue weighted by Gasteiger charge is -2.40. The molecule has 14 heteroatoms. The Morgan fingerprint density at radius 2 is 2.00 bits per heavy atom. The van der Waals surface area contributed by atoms with Crippen LogP contribution in [0.4, 0.5) is 16.0 Å². The van der Waals surface area contributed by atoms with E-state index < -0.39 is 21.3 Å². The fourth-order valence-corrected chi connectivity index (χ4v) is 6.81. The van der Waals surface area contributed by atoms with E-state index in [1.54, 1.807) is 11.0 Å². The van der Waals surface area contributed by atoms with Crippen LogP contribution >= 0.6 is 0 Å². The highest BCUT2D eigenvalue weighted by atomic mass is 32.2. The van der Waals surface area contributed by atoms with E-state index in [9.17, 15) is 18.0 Å². The number of sulfone groups is 1. The molecule has 6 rings (SSSR count). The van der Waals surface area contributed by atoms with Crippen molar-refractivity contribution in [1.82, 2.24) is 29.6 Å². The van der Waals surface area contributed by atoms with E-state index >= 15 is 4.39 Å². The first-order valence-electron chi connectivity index (χ1n) is 13.9. The van der Waals surface area contributed by atoms with Gasteiger partial charge in [0.2, 0.25) is 5.91 Å². The largest absolute Gasteiger partial charge is 0.384 e. The van der Waals surface area contributed by atoms with Crippen LogP contribution in [-0.4, -0.2) is 75.9 Å². The number of anilines is 2. The number of nitrogen functional groups attached to an aromatic ring is 1. The Bertz CT molecular complexity index is 1950. The van der Waals surface area contributed by atoms with Gasteiger partial charge in [-0.05, 0) is 49.5 Å². The Morgan fingerprint density at radius 1 is 1.23 bits per heavy atom. The molecule has 1 aromatic carbocycles. The number of rotatable bonds is 6. The van der Waals surface area contributed by atoms with E-state index in [4.69, 9.17) is 5.73 Å². The molecular formula is C29H31FN8O4S. The molecule has 1 saturated heterocycles. The second-order valence-corrected chi connectivity index (χ2v) is 13.0. The van der Waals surface area contributed by atoms with Gasteiger partial charge in [-0.15, -0.1) is 0 Å². The summed E-state index contributed by atoms with van der Waals surface area (Å²) < 4.78 is 43.2. The number of aromatic nitrogens is 5. The number of carbonyl (C=O) groups excluding carboxylic acids is 1. The number of carbonyl (C=O) groups is 1. The summed E-state index contributed by atoms with van der Waals surface area (Å²) in [6.45, 7) is 6.42. The van der Waals surface area contributed by atoms with E-state index in [-0.39, 0.29) is 62.4 Å². The smallest absolute Gasteiger partial charge is 0.355 e. The lowest BCUT2D eigenvalue weighted by molar-refractivity contribution is -0.126. The summed E-state index contributed by atoms with van der Waals surface area (Å²) in [6, 6.07) is 5.89.